The van der Waals surface area contributed by atoms with Crippen LogP contribution in [-0.2, 0) is 9.53 Å². The molecule has 2 N–H and O–H groups in total. The Morgan fingerprint density at radius 3 is 3.08 bits per heavy atom. The van der Waals surface area contributed by atoms with Crippen molar-refractivity contribution in [3.63, 3.8) is 0 Å². The molecular weight excluding hydrogens is 186 g/mol. The molecule has 0 aromatic rings. The third-order valence-corrected chi connectivity index (χ3v) is 3.47. The van der Waals surface area contributed by atoms with Gasteiger partial charge < -0.3 is 10.5 Å². The highest BCUT2D eigenvalue weighted by atomic mass is 32.2. The Morgan fingerprint density at radius 1 is 1.77 bits per heavy atom. The van der Waals surface area contributed by atoms with Gasteiger partial charge >= 0.3 is 5.97 Å². The molecule has 0 bridgehead atoms. The van der Waals surface area contributed by atoms with E-state index in [1.807, 2.05) is 18.7 Å². The van der Waals surface area contributed by atoms with Crippen molar-refractivity contribution in [3.05, 3.63) is 0 Å². The molecule has 13 heavy (non-hydrogen) atoms. The molecule has 0 amide bonds. The van der Waals surface area contributed by atoms with Gasteiger partial charge in [0.25, 0.3) is 0 Å². The van der Waals surface area contributed by atoms with E-state index in [4.69, 9.17) is 10.5 Å². The van der Waals surface area contributed by atoms with Crippen molar-refractivity contribution in [2.24, 2.45) is 11.7 Å². The largest absolute Gasteiger partial charge is 0.466 e. The van der Waals surface area contributed by atoms with Crippen LogP contribution in [0.2, 0.25) is 0 Å². The van der Waals surface area contributed by atoms with Gasteiger partial charge in [-0.2, -0.15) is 11.8 Å². The summed E-state index contributed by atoms with van der Waals surface area (Å²) in [5.41, 5.74) is 5.90. The quantitative estimate of drug-likeness (QED) is 0.693. The summed E-state index contributed by atoms with van der Waals surface area (Å²) in [6.45, 7) is 2.26. The van der Waals surface area contributed by atoms with Crippen LogP contribution >= 0.6 is 11.8 Å². The van der Waals surface area contributed by atoms with Gasteiger partial charge in [0.15, 0.2) is 0 Å². The molecule has 0 aromatic heterocycles. The monoisotopic (exact) mass is 203 g/mol. The minimum Gasteiger partial charge on any atom is -0.466 e. The van der Waals surface area contributed by atoms with Gasteiger partial charge in [-0.15, -0.1) is 0 Å². The van der Waals surface area contributed by atoms with Crippen LogP contribution in [-0.4, -0.2) is 30.1 Å². The van der Waals surface area contributed by atoms with Crippen LogP contribution < -0.4 is 5.73 Å². The van der Waals surface area contributed by atoms with Gasteiger partial charge in [0.2, 0.25) is 0 Å². The molecule has 2 unspecified atom stereocenters. The zero-order valence-corrected chi connectivity index (χ0v) is 8.81. The number of nitrogens with two attached hydrogens (primary N) is 1. The van der Waals surface area contributed by atoms with E-state index in [2.05, 4.69) is 0 Å². The van der Waals surface area contributed by atoms with Gasteiger partial charge in [-0.1, -0.05) is 0 Å². The fraction of sp³-hybridized carbons (Fsp3) is 0.889. The van der Waals surface area contributed by atoms with Gasteiger partial charge in [0, 0.05) is 6.04 Å². The summed E-state index contributed by atoms with van der Waals surface area (Å²) < 4.78 is 4.85. The Morgan fingerprint density at radius 2 is 2.54 bits per heavy atom. The predicted molar refractivity (Wildman–Crippen MR) is 54.7 cm³/mol. The van der Waals surface area contributed by atoms with Crippen molar-refractivity contribution in [2.45, 2.75) is 25.8 Å². The van der Waals surface area contributed by atoms with Crippen molar-refractivity contribution < 1.29 is 9.53 Å². The minimum atomic E-state index is -0.160. The van der Waals surface area contributed by atoms with Crippen LogP contribution in [0.4, 0.5) is 0 Å². The van der Waals surface area contributed by atoms with E-state index in [0.29, 0.717) is 18.9 Å². The predicted octanol–water partition coefficient (Wildman–Crippen LogP) is 1.02. The lowest BCUT2D eigenvalue weighted by atomic mass is 9.97. The first-order valence-electron chi connectivity index (χ1n) is 4.73. The zero-order valence-electron chi connectivity index (χ0n) is 7.99. The second kappa shape index (κ2) is 5.50. The van der Waals surface area contributed by atoms with Gasteiger partial charge in [0.1, 0.15) is 0 Å². The van der Waals surface area contributed by atoms with E-state index in [9.17, 15) is 4.79 Å². The highest BCUT2D eigenvalue weighted by molar-refractivity contribution is 7.99. The zero-order chi connectivity index (χ0) is 9.68. The Kier molecular flexibility index (Phi) is 4.59. The van der Waals surface area contributed by atoms with E-state index < -0.39 is 0 Å². The van der Waals surface area contributed by atoms with Crippen molar-refractivity contribution in [3.8, 4) is 0 Å². The summed E-state index contributed by atoms with van der Waals surface area (Å²) in [4.78, 5) is 11.1. The lowest BCUT2D eigenvalue weighted by molar-refractivity contribution is -0.143. The van der Waals surface area contributed by atoms with Crippen LogP contribution in [0.3, 0.4) is 0 Å². The Hall–Kier alpha value is -0.220. The average Bonchev–Trinajstić information content (AvgIpc) is 2.55. The van der Waals surface area contributed by atoms with Gasteiger partial charge in [-0.3, -0.25) is 4.79 Å². The molecule has 0 aromatic carbocycles. The minimum absolute atomic E-state index is 0.00551. The van der Waals surface area contributed by atoms with Crippen LogP contribution in [0, 0.1) is 5.92 Å². The summed E-state index contributed by atoms with van der Waals surface area (Å²) in [6.07, 6.45) is 1.52. The number of hydrogen-bond donors (Lipinski definition) is 1. The second-order valence-electron chi connectivity index (χ2n) is 3.30. The van der Waals surface area contributed by atoms with Gasteiger partial charge in [0.05, 0.1) is 13.0 Å². The van der Waals surface area contributed by atoms with Gasteiger partial charge in [-0.05, 0) is 30.8 Å². The maximum absolute atomic E-state index is 11.1. The normalized spacial score (nSPS) is 24.3. The fourth-order valence-corrected chi connectivity index (χ4v) is 2.82. The maximum Gasteiger partial charge on any atom is 0.307 e. The number of hydrogen-bond acceptors (Lipinski definition) is 4. The van der Waals surface area contributed by atoms with E-state index in [1.165, 1.54) is 5.75 Å². The lowest BCUT2D eigenvalue weighted by Gasteiger charge is -2.16. The molecule has 2 atom stereocenters. The smallest absolute Gasteiger partial charge is 0.307 e. The van der Waals surface area contributed by atoms with E-state index >= 15 is 0 Å². The lowest BCUT2D eigenvalue weighted by Crippen LogP contribution is -2.33. The molecule has 1 rings (SSSR count). The average molecular weight is 203 g/mol. The third kappa shape index (κ3) is 3.56. The molecule has 0 radical (unpaired) electrons. The Balaban J connectivity index is 2.22. The number of ether oxygens (including phenoxy) is 1. The number of thioether (sulfide) groups is 1. The maximum atomic E-state index is 11.1. The standard InChI is InChI=1S/C9H17NO2S/c1-2-12-9(11)5-8(10)7-3-4-13-6-7/h7-8H,2-6,10H2,1H3. The molecule has 1 saturated heterocycles. The Labute approximate surface area is 83.4 Å². The highest BCUT2D eigenvalue weighted by Crippen LogP contribution is 2.26. The molecule has 4 heteroatoms. The first kappa shape index (κ1) is 10.9. The van der Waals surface area contributed by atoms with Crippen molar-refractivity contribution in [1.82, 2.24) is 0 Å². The topological polar surface area (TPSA) is 52.3 Å². The molecule has 0 aliphatic carbocycles. The molecule has 0 spiro atoms. The first-order valence-corrected chi connectivity index (χ1v) is 5.88. The highest BCUT2D eigenvalue weighted by Gasteiger charge is 2.24. The summed E-state index contributed by atoms with van der Waals surface area (Å²) in [5, 5.41) is 0. The Bertz CT molecular complexity index is 169. The SMILES string of the molecule is CCOC(=O)CC(N)C1CCSC1. The van der Waals surface area contributed by atoms with Gasteiger partial charge in [-0.25, -0.2) is 0 Å². The molecule has 1 heterocycles. The summed E-state index contributed by atoms with van der Waals surface area (Å²) in [7, 11) is 0. The number of carbonyl (C=O) groups excluding carboxylic acids is 1. The molecular formula is C9H17NO2S. The van der Waals surface area contributed by atoms with Crippen LogP contribution in [0.25, 0.3) is 0 Å². The number of carbonyl (C=O) groups is 1. The third-order valence-electron chi connectivity index (χ3n) is 2.28. The second-order valence-corrected chi connectivity index (χ2v) is 4.45. The van der Waals surface area contributed by atoms with Crippen LogP contribution in [0.5, 0.6) is 0 Å². The summed E-state index contributed by atoms with van der Waals surface area (Å²) in [6, 6.07) is -0.00551. The molecule has 1 fully saturated rings. The van der Waals surface area contributed by atoms with Crippen molar-refractivity contribution in [1.29, 1.82) is 0 Å². The molecule has 76 valence electrons. The fourth-order valence-electron chi connectivity index (χ4n) is 1.47. The number of esters is 1. The molecule has 0 saturated carbocycles. The molecule has 3 nitrogen and oxygen atoms in total. The van der Waals surface area contributed by atoms with Crippen LogP contribution in [0.1, 0.15) is 19.8 Å². The van der Waals surface area contributed by atoms with Crippen LogP contribution in [0.15, 0.2) is 0 Å². The van der Waals surface area contributed by atoms with E-state index in [1.54, 1.807) is 0 Å². The van der Waals surface area contributed by atoms with E-state index in [0.717, 1.165) is 12.2 Å². The first-order chi connectivity index (χ1) is 6.24. The number of rotatable bonds is 4. The summed E-state index contributed by atoms with van der Waals surface area (Å²) in [5.74, 6) is 2.63. The van der Waals surface area contributed by atoms with Crippen molar-refractivity contribution >= 4 is 17.7 Å². The molecule has 1 aliphatic rings. The van der Waals surface area contributed by atoms with E-state index in [-0.39, 0.29) is 12.0 Å². The van der Waals surface area contributed by atoms with Crippen molar-refractivity contribution in [2.75, 3.05) is 18.1 Å². The summed E-state index contributed by atoms with van der Waals surface area (Å²) >= 11 is 1.92. The molecule has 1 aliphatic heterocycles.